The largest absolute Gasteiger partial charge is 0.427 e. The lowest BCUT2D eigenvalue weighted by Gasteiger charge is -2.07. The summed E-state index contributed by atoms with van der Waals surface area (Å²) in [6.07, 6.45) is 3.15. The third-order valence-electron chi connectivity index (χ3n) is 2.29. The van der Waals surface area contributed by atoms with E-state index < -0.39 is 0 Å². The molecule has 0 atom stereocenters. The number of hydrogen-bond donors (Lipinski definition) is 1. The molecular formula is C13H18O3. The van der Waals surface area contributed by atoms with Crippen molar-refractivity contribution < 1.29 is 14.6 Å². The summed E-state index contributed by atoms with van der Waals surface area (Å²) in [4.78, 5) is 10.9. The number of aryl methyl sites for hydroxylation is 1. The van der Waals surface area contributed by atoms with Crippen LogP contribution in [0.4, 0.5) is 0 Å². The predicted octanol–water partition coefficient (Wildman–Crippen LogP) is 2.45. The molecule has 0 bridgehead atoms. The van der Waals surface area contributed by atoms with Crippen LogP contribution in [0.25, 0.3) is 0 Å². The second kappa shape index (κ2) is 6.28. The number of benzene rings is 1. The molecule has 1 N–H and O–H groups in total. The van der Waals surface area contributed by atoms with Gasteiger partial charge in [-0.2, -0.15) is 0 Å². The number of ether oxygens (including phenoxy) is 1. The number of unbranched alkanes of at least 4 members (excludes halogenated alkanes) is 1. The van der Waals surface area contributed by atoms with Gasteiger partial charge >= 0.3 is 5.97 Å². The highest BCUT2D eigenvalue weighted by atomic mass is 16.5. The van der Waals surface area contributed by atoms with Gasteiger partial charge < -0.3 is 9.84 Å². The lowest BCUT2D eigenvalue weighted by Crippen LogP contribution is -2.02. The Morgan fingerprint density at radius 3 is 2.56 bits per heavy atom. The van der Waals surface area contributed by atoms with Crippen LogP contribution in [0.3, 0.4) is 0 Å². The summed E-state index contributed by atoms with van der Waals surface area (Å²) >= 11 is 0. The van der Waals surface area contributed by atoms with Crippen molar-refractivity contribution >= 4 is 5.97 Å². The first-order chi connectivity index (χ1) is 7.65. The maximum absolute atomic E-state index is 10.9. The SMILES string of the molecule is CCCCc1cc(CO)cc(OC(C)=O)c1. The molecule has 3 nitrogen and oxygen atoms in total. The summed E-state index contributed by atoms with van der Waals surface area (Å²) in [7, 11) is 0. The Balaban J connectivity index is 2.86. The summed E-state index contributed by atoms with van der Waals surface area (Å²) in [6.45, 7) is 3.47. The van der Waals surface area contributed by atoms with E-state index >= 15 is 0 Å². The lowest BCUT2D eigenvalue weighted by molar-refractivity contribution is -0.131. The van der Waals surface area contributed by atoms with Gasteiger partial charge in [-0.15, -0.1) is 0 Å². The molecule has 0 aromatic heterocycles. The first-order valence-electron chi connectivity index (χ1n) is 5.57. The third kappa shape index (κ3) is 4.03. The van der Waals surface area contributed by atoms with Crippen LogP contribution in [0.1, 0.15) is 37.8 Å². The van der Waals surface area contributed by atoms with E-state index in [-0.39, 0.29) is 12.6 Å². The van der Waals surface area contributed by atoms with Crippen LogP contribution in [0.2, 0.25) is 0 Å². The van der Waals surface area contributed by atoms with E-state index in [2.05, 4.69) is 6.92 Å². The predicted molar refractivity (Wildman–Crippen MR) is 62.3 cm³/mol. The molecule has 16 heavy (non-hydrogen) atoms. The van der Waals surface area contributed by atoms with E-state index in [1.807, 2.05) is 12.1 Å². The molecule has 0 fully saturated rings. The van der Waals surface area contributed by atoms with Crippen molar-refractivity contribution in [2.45, 2.75) is 39.7 Å². The molecule has 88 valence electrons. The molecule has 0 spiro atoms. The molecule has 0 aliphatic heterocycles. The van der Waals surface area contributed by atoms with Crippen LogP contribution in [0.5, 0.6) is 5.75 Å². The fourth-order valence-corrected chi connectivity index (χ4v) is 1.57. The fourth-order valence-electron chi connectivity index (χ4n) is 1.57. The molecule has 0 amide bonds. The molecule has 1 aromatic rings. The first kappa shape index (κ1) is 12.7. The summed E-state index contributed by atoms with van der Waals surface area (Å²) in [6, 6.07) is 5.50. The monoisotopic (exact) mass is 222 g/mol. The zero-order valence-corrected chi connectivity index (χ0v) is 9.82. The Morgan fingerprint density at radius 1 is 1.31 bits per heavy atom. The second-order valence-electron chi connectivity index (χ2n) is 3.84. The van der Waals surface area contributed by atoms with Gasteiger partial charge in [-0.1, -0.05) is 19.4 Å². The zero-order chi connectivity index (χ0) is 12.0. The van der Waals surface area contributed by atoms with E-state index in [0.29, 0.717) is 5.75 Å². The number of aliphatic hydroxyl groups excluding tert-OH is 1. The molecule has 0 saturated heterocycles. The van der Waals surface area contributed by atoms with Crippen molar-refractivity contribution in [2.75, 3.05) is 0 Å². The van der Waals surface area contributed by atoms with Crippen LogP contribution in [0.15, 0.2) is 18.2 Å². The molecule has 3 heteroatoms. The Labute approximate surface area is 96.1 Å². The van der Waals surface area contributed by atoms with Crippen molar-refractivity contribution in [3.05, 3.63) is 29.3 Å². The van der Waals surface area contributed by atoms with Crippen molar-refractivity contribution in [3.63, 3.8) is 0 Å². The molecule has 0 radical (unpaired) electrons. The Kier molecular flexibility index (Phi) is 4.99. The van der Waals surface area contributed by atoms with E-state index in [0.717, 1.165) is 30.4 Å². The van der Waals surface area contributed by atoms with Crippen LogP contribution < -0.4 is 4.74 Å². The minimum absolute atomic E-state index is 0.0335. The number of carbonyl (C=O) groups excluding carboxylic acids is 1. The summed E-state index contributed by atoms with van der Waals surface area (Å²) < 4.78 is 5.03. The number of carbonyl (C=O) groups is 1. The highest BCUT2D eigenvalue weighted by Gasteiger charge is 2.03. The lowest BCUT2D eigenvalue weighted by atomic mass is 10.1. The number of hydrogen-bond acceptors (Lipinski definition) is 3. The molecular weight excluding hydrogens is 204 g/mol. The maximum atomic E-state index is 10.9. The van der Waals surface area contributed by atoms with Gasteiger partial charge in [0, 0.05) is 6.92 Å². The maximum Gasteiger partial charge on any atom is 0.308 e. The minimum Gasteiger partial charge on any atom is -0.427 e. The summed E-state index contributed by atoms with van der Waals surface area (Å²) in [5.41, 5.74) is 1.88. The average molecular weight is 222 g/mol. The van der Waals surface area contributed by atoms with Gasteiger partial charge in [0.25, 0.3) is 0 Å². The average Bonchev–Trinajstić information content (AvgIpc) is 2.25. The topological polar surface area (TPSA) is 46.5 Å². The molecule has 1 aromatic carbocycles. The van der Waals surface area contributed by atoms with Gasteiger partial charge in [0.15, 0.2) is 0 Å². The van der Waals surface area contributed by atoms with E-state index in [1.165, 1.54) is 6.92 Å². The van der Waals surface area contributed by atoms with E-state index in [9.17, 15) is 4.79 Å². The summed E-state index contributed by atoms with van der Waals surface area (Å²) in [5, 5.41) is 9.11. The molecule has 0 aliphatic rings. The van der Waals surface area contributed by atoms with Crippen molar-refractivity contribution in [3.8, 4) is 5.75 Å². The van der Waals surface area contributed by atoms with Gasteiger partial charge in [0.1, 0.15) is 5.75 Å². The minimum atomic E-state index is -0.337. The first-order valence-corrected chi connectivity index (χ1v) is 5.57. The Hall–Kier alpha value is -1.35. The van der Waals surface area contributed by atoms with Gasteiger partial charge in [-0.3, -0.25) is 4.79 Å². The number of esters is 1. The fraction of sp³-hybridized carbons (Fsp3) is 0.462. The quantitative estimate of drug-likeness (QED) is 0.615. The van der Waals surface area contributed by atoms with Gasteiger partial charge in [-0.05, 0) is 36.1 Å². The van der Waals surface area contributed by atoms with Crippen molar-refractivity contribution in [1.29, 1.82) is 0 Å². The molecule has 1 rings (SSSR count). The molecule has 0 unspecified atom stereocenters. The molecule has 0 aliphatic carbocycles. The van der Waals surface area contributed by atoms with Crippen LogP contribution in [-0.4, -0.2) is 11.1 Å². The van der Waals surface area contributed by atoms with Crippen LogP contribution >= 0.6 is 0 Å². The van der Waals surface area contributed by atoms with Crippen LogP contribution in [-0.2, 0) is 17.8 Å². The summed E-state index contributed by atoms with van der Waals surface area (Å²) in [5.74, 6) is 0.182. The van der Waals surface area contributed by atoms with E-state index in [1.54, 1.807) is 6.07 Å². The Morgan fingerprint density at radius 2 is 2.00 bits per heavy atom. The highest BCUT2D eigenvalue weighted by molar-refractivity contribution is 5.69. The highest BCUT2D eigenvalue weighted by Crippen LogP contribution is 2.19. The van der Waals surface area contributed by atoms with E-state index in [4.69, 9.17) is 9.84 Å². The van der Waals surface area contributed by atoms with Crippen LogP contribution in [0, 0.1) is 0 Å². The van der Waals surface area contributed by atoms with Crippen molar-refractivity contribution in [2.24, 2.45) is 0 Å². The molecule has 0 heterocycles. The standard InChI is InChI=1S/C13H18O3/c1-3-4-5-11-6-12(9-14)8-13(7-11)16-10(2)15/h6-8,14H,3-5,9H2,1-2H3. The molecule has 0 saturated carbocycles. The van der Waals surface area contributed by atoms with Crippen molar-refractivity contribution in [1.82, 2.24) is 0 Å². The van der Waals surface area contributed by atoms with Gasteiger partial charge in [-0.25, -0.2) is 0 Å². The number of aliphatic hydroxyl groups is 1. The smallest absolute Gasteiger partial charge is 0.308 e. The van der Waals surface area contributed by atoms with Gasteiger partial charge in [0.2, 0.25) is 0 Å². The third-order valence-corrected chi connectivity index (χ3v) is 2.29. The number of rotatable bonds is 5. The zero-order valence-electron chi connectivity index (χ0n) is 9.82. The second-order valence-corrected chi connectivity index (χ2v) is 3.84. The Bertz CT molecular complexity index is 358. The van der Waals surface area contributed by atoms with Gasteiger partial charge in [0.05, 0.1) is 6.61 Å². The normalized spacial score (nSPS) is 10.2.